The van der Waals surface area contributed by atoms with E-state index in [-0.39, 0.29) is 28.4 Å². The molecular formula is C14H18N2O3S. The van der Waals surface area contributed by atoms with Crippen LogP contribution in [0.4, 0.5) is 0 Å². The van der Waals surface area contributed by atoms with Crippen LogP contribution >= 0.6 is 0 Å². The first kappa shape index (κ1) is 13.7. The number of piperidine rings is 3. The zero-order valence-electron chi connectivity index (χ0n) is 11.2. The molecule has 108 valence electrons. The van der Waals surface area contributed by atoms with Crippen molar-refractivity contribution in [1.29, 1.82) is 0 Å². The summed E-state index contributed by atoms with van der Waals surface area (Å²) in [5, 5.41) is 0. The molecule has 5 nitrogen and oxygen atoms in total. The monoisotopic (exact) mass is 294 g/mol. The molecule has 1 atom stereocenters. The number of ketones is 1. The lowest BCUT2D eigenvalue weighted by atomic mass is 9.81. The highest BCUT2D eigenvalue weighted by Gasteiger charge is 2.41. The number of hydrogen-bond acceptors (Lipinski definition) is 5. The lowest BCUT2D eigenvalue weighted by molar-refractivity contribution is -0.136. The Balaban J connectivity index is 1.69. The van der Waals surface area contributed by atoms with Crippen molar-refractivity contribution in [3.63, 3.8) is 0 Å². The number of carbonyl (C=O) groups is 1. The molecule has 0 aliphatic carbocycles. The van der Waals surface area contributed by atoms with E-state index < -0.39 is 9.84 Å². The molecule has 6 heteroatoms. The number of rotatable bonds is 4. The van der Waals surface area contributed by atoms with Gasteiger partial charge in [-0.15, -0.1) is 0 Å². The Morgan fingerprint density at radius 1 is 1.20 bits per heavy atom. The van der Waals surface area contributed by atoms with Crippen molar-refractivity contribution in [3.8, 4) is 0 Å². The van der Waals surface area contributed by atoms with E-state index in [4.69, 9.17) is 0 Å². The fourth-order valence-electron chi connectivity index (χ4n) is 3.20. The van der Waals surface area contributed by atoms with Crippen molar-refractivity contribution in [2.45, 2.75) is 30.2 Å². The number of sulfone groups is 1. The molecular weight excluding hydrogens is 276 g/mol. The van der Waals surface area contributed by atoms with Gasteiger partial charge in [0.1, 0.15) is 0 Å². The van der Waals surface area contributed by atoms with Gasteiger partial charge in [0, 0.05) is 18.3 Å². The van der Waals surface area contributed by atoms with Crippen LogP contribution in [0.5, 0.6) is 0 Å². The molecule has 0 spiro atoms. The van der Waals surface area contributed by atoms with Crippen molar-refractivity contribution in [2.24, 2.45) is 5.92 Å². The average molecular weight is 294 g/mol. The molecule has 0 N–H and O–H groups in total. The molecule has 1 unspecified atom stereocenters. The van der Waals surface area contributed by atoms with E-state index >= 15 is 0 Å². The smallest absolute Gasteiger partial charge is 0.178 e. The highest BCUT2D eigenvalue weighted by atomic mass is 32.2. The third kappa shape index (κ3) is 2.50. The van der Waals surface area contributed by atoms with Gasteiger partial charge in [-0.3, -0.25) is 14.7 Å². The molecule has 3 saturated heterocycles. The molecule has 3 aliphatic heterocycles. The zero-order chi connectivity index (χ0) is 14.2. The van der Waals surface area contributed by atoms with Crippen molar-refractivity contribution in [2.75, 3.05) is 18.8 Å². The summed E-state index contributed by atoms with van der Waals surface area (Å²) in [7, 11) is -3.32. The van der Waals surface area contributed by atoms with E-state index in [1.807, 2.05) is 0 Å². The Labute approximate surface area is 118 Å². The van der Waals surface area contributed by atoms with Crippen LogP contribution in [0.1, 0.15) is 19.3 Å². The van der Waals surface area contributed by atoms with E-state index in [1.54, 1.807) is 0 Å². The van der Waals surface area contributed by atoms with Gasteiger partial charge in [-0.25, -0.2) is 8.42 Å². The third-order valence-corrected chi connectivity index (χ3v) is 6.13. The normalized spacial score (nSPS) is 29.6. The van der Waals surface area contributed by atoms with E-state index in [1.165, 1.54) is 24.5 Å². The predicted octanol–water partition coefficient (Wildman–Crippen LogP) is 0.909. The van der Waals surface area contributed by atoms with Gasteiger partial charge in [0.25, 0.3) is 0 Å². The minimum Gasteiger partial charge on any atom is -0.298 e. The van der Waals surface area contributed by atoms with Gasteiger partial charge in [-0.05, 0) is 44.5 Å². The standard InChI is InChI=1S/C14H18N2O3S/c17-14-11-3-8-16(9-4-11)13(14)5-10-20(18,19)12-1-6-15-7-2-12/h1-2,6-7,11,13H,3-5,8-10H2. The second-order valence-electron chi connectivity index (χ2n) is 5.52. The lowest BCUT2D eigenvalue weighted by Gasteiger charge is -2.44. The van der Waals surface area contributed by atoms with Gasteiger partial charge in [-0.1, -0.05) is 0 Å². The van der Waals surface area contributed by atoms with E-state index in [0.29, 0.717) is 6.42 Å². The number of aromatic nitrogens is 1. The minimum atomic E-state index is -3.32. The number of fused-ring (bicyclic) bond motifs is 3. The largest absolute Gasteiger partial charge is 0.298 e. The summed E-state index contributed by atoms with van der Waals surface area (Å²) in [4.78, 5) is 18.5. The van der Waals surface area contributed by atoms with Crippen LogP contribution in [0.15, 0.2) is 29.4 Å². The first-order valence-electron chi connectivity index (χ1n) is 6.98. The van der Waals surface area contributed by atoms with Crippen LogP contribution in [0.2, 0.25) is 0 Å². The van der Waals surface area contributed by atoms with Crippen LogP contribution < -0.4 is 0 Å². The maximum absolute atomic E-state index is 12.2. The second kappa shape index (κ2) is 5.26. The van der Waals surface area contributed by atoms with Crippen LogP contribution in [0.3, 0.4) is 0 Å². The molecule has 1 aromatic heterocycles. The number of Topliss-reactive ketones (excluding diaryl/α,β-unsaturated/α-hetero) is 1. The number of carbonyl (C=O) groups excluding carboxylic acids is 1. The van der Waals surface area contributed by atoms with Gasteiger partial charge >= 0.3 is 0 Å². The summed E-state index contributed by atoms with van der Waals surface area (Å²) in [5.41, 5.74) is 0. The van der Waals surface area contributed by atoms with Crippen LogP contribution in [-0.4, -0.2) is 49.0 Å². The predicted molar refractivity (Wildman–Crippen MR) is 74.0 cm³/mol. The summed E-state index contributed by atoms with van der Waals surface area (Å²) in [6.07, 6.45) is 5.23. The van der Waals surface area contributed by atoms with Gasteiger partial charge in [0.05, 0.1) is 16.7 Å². The van der Waals surface area contributed by atoms with Crippen LogP contribution in [-0.2, 0) is 14.6 Å². The van der Waals surface area contributed by atoms with Gasteiger partial charge in [-0.2, -0.15) is 0 Å². The maximum Gasteiger partial charge on any atom is 0.178 e. The van der Waals surface area contributed by atoms with Gasteiger partial charge in [0.2, 0.25) is 0 Å². The van der Waals surface area contributed by atoms with E-state index in [0.717, 1.165) is 25.9 Å². The molecule has 4 heterocycles. The van der Waals surface area contributed by atoms with Crippen molar-refractivity contribution in [3.05, 3.63) is 24.5 Å². The molecule has 3 aliphatic rings. The number of hydrogen-bond donors (Lipinski definition) is 0. The molecule has 0 radical (unpaired) electrons. The average Bonchev–Trinajstić information content (AvgIpc) is 2.48. The Bertz CT molecular complexity index is 592. The van der Waals surface area contributed by atoms with Crippen molar-refractivity contribution >= 4 is 15.6 Å². The van der Waals surface area contributed by atoms with Gasteiger partial charge in [0.15, 0.2) is 15.6 Å². The Kier molecular flexibility index (Phi) is 3.60. The Hall–Kier alpha value is -1.27. The molecule has 20 heavy (non-hydrogen) atoms. The van der Waals surface area contributed by atoms with E-state index in [9.17, 15) is 13.2 Å². The molecule has 1 aromatic rings. The molecule has 3 fully saturated rings. The highest BCUT2D eigenvalue weighted by molar-refractivity contribution is 7.91. The maximum atomic E-state index is 12.2. The first-order valence-corrected chi connectivity index (χ1v) is 8.64. The topological polar surface area (TPSA) is 67.3 Å². The third-order valence-electron chi connectivity index (χ3n) is 4.37. The molecule has 0 saturated carbocycles. The summed E-state index contributed by atoms with van der Waals surface area (Å²) in [5.74, 6) is 0.428. The lowest BCUT2D eigenvalue weighted by Crippen LogP contribution is -2.55. The fourth-order valence-corrected chi connectivity index (χ4v) is 4.51. The quantitative estimate of drug-likeness (QED) is 0.825. The highest BCUT2D eigenvalue weighted by Crippen LogP contribution is 2.30. The Morgan fingerprint density at radius 2 is 1.85 bits per heavy atom. The number of pyridine rings is 1. The molecule has 4 rings (SSSR count). The Morgan fingerprint density at radius 3 is 2.45 bits per heavy atom. The van der Waals surface area contributed by atoms with Gasteiger partial charge < -0.3 is 0 Å². The number of nitrogens with zero attached hydrogens (tertiary/aromatic N) is 2. The first-order chi connectivity index (χ1) is 9.58. The molecule has 0 aromatic carbocycles. The zero-order valence-corrected chi connectivity index (χ0v) is 12.1. The van der Waals surface area contributed by atoms with Crippen LogP contribution in [0, 0.1) is 5.92 Å². The minimum absolute atomic E-state index is 0.0244. The summed E-state index contributed by atoms with van der Waals surface area (Å²) in [6.45, 7) is 1.85. The fraction of sp³-hybridized carbons (Fsp3) is 0.571. The van der Waals surface area contributed by atoms with Crippen molar-refractivity contribution in [1.82, 2.24) is 9.88 Å². The summed E-state index contributed by atoms with van der Waals surface area (Å²) < 4.78 is 24.5. The van der Waals surface area contributed by atoms with Crippen molar-refractivity contribution < 1.29 is 13.2 Å². The SMILES string of the molecule is O=C1C2CCN(CC2)C1CCS(=O)(=O)c1ccncc1. The second-order valence-corrected chi connectivity index (χ2v) is 7.63. The molecule has 0 amide bonds. The van der Waals surface area contributed by atoms with Crippen LogP contribution in [0.25, 0.3) is 0 Å². The molecule has 2 bridgehead atoms. The summed E-state index contributed by atoms with van der Waals surface area (Å²) in [6, 6.07) is 2.81. The summed E-state index contributed by atoms with van der Waals surface area (Å²) >= 11 is 0. The van der Waals surface area contributed by atoms with E-state index in [2.05, 4.69) is 9.88 Å².